The fourth-order valence-corrected chi connectivity index (χ4v) is 2.42. The number of nitrogens with zero attached hydrogens (tertiary/aromatic N) is 2. The van der Waals surface area contributed by atoms with E-state index in [9.17, 15) is 4.79 Å². The first-order chi connectivity index (χ1) is 10.4. The fourth-order valence-electron chi connectivity index (χ4n) is 2.42. The zero-order valence-corrected chi connectivity index (χ0v) is 13.6. The number of Topliss-reactive ketones (excluding diaryl/α,β-unsaturated/α-hetero) is 1. The summed E-state index contributed by atoms with van der Waals surface area (Å²) in [4.78, 5) is 18.0. The molecule has 1 aromatic carbocycles. The molecule has 2 aromatic rings. The van der Waals surface area contributed by atoms with E-state index in [1.165, 1.54) is 5.56 Å². The van der Waals surface area contributed by atoms with E-state index in [-0.39, 0.29) is 5.78 Å². The predicted octanol–water partition coefficient (Wildman–Crippen LogP) is 5.08. The minimum Gasteiger partial charge on any atom is -0.299 e. The molecular formula is C19H22N2O. The Morgan fingerprint density at radius 3 is 2.27 bits per heavy atom. The number of allylic oxidation sites excluding steroid dienone is 1. The first-order valence-corrected chi connectivity index (χ1v) is 7.43. The van der Waals surface area contributed by atoms with E-state index in [0.29, 0.717) is 11.5 Å². The summed E-state index contributed by atoms with van der Waals surface area (Å²) in [7, 11) is 0. The first kappa shape index (κ1) is 16.0. The van der Waals surface area contributed by atoms with Gasteiger partial charge in [0, 0.05) is 23.1 Å². The molecule has 114 valence electrons. The second-order valence-corrected chi connectivity index (χ2v) is 5.74. The summed E-state index contributed by atoms with van der Waals surface area (Å²) < 4.78 is 0. The molecule has 0 aliphatic carbocycles. The Bertz CT molecular complexity index is 687. The molecule has 0 saturated carbocycles. The van der Waals surface area contributed by atoms with E-state index in [1.54, 1.807) is 13.1 Å². The van der Waals surface area contributed by atoms with Gasteiger partial charge in [0.05, 0.1) is 0 Å². The summed E-state index contributed by atoms with van der Waals surface area (Å²) in [6, 6.07) is 11.6. The lowest BCUT2D eigenvalue weighted by atomic mass is 10.0. The van der Waals surface area contributed by atoms with Gasteiger partial charge in [0.25, 0.3) is 0 Å². The molecule has 22 heavy (non-hydrogen) atoms. The van der Waals surface area contributed by atoms with Crippen LogP contribution in [0, 0.1) is 0 Å². The van der Waals surface area contributed by atoms with Crippen molar-refractivity contribution in [2.45, 2.75) is 33.6 Å². The average molecular weight is 294 g/mol. The molecule has 0 N–H and O–H groups in total. The quantitative estimate of drug-likeness (QED) is 0.721. The fraction of sp³-hybridized carbons (Fsp3) is 0.263. The van der Waals surface area contributed by atoms with Crippen molar-refractivity contribution in [3.05, 3.63) is 66.0 Å². The molecule has 1 aromatic heterocycles. The molecule has 3 heteroatoms. The van der Waals surface area contributed by atoms with E-state index >= 15 is 0 Å². The van der Waals surface area contributed by atoms with E-state index in [2.05, 4.69) is 31.5 Å². The normalized spacial score (nSPS) is 10.6. The molecule has 0 amide bonds. The highest BCUT2D eigenvalue weighted by molar-refractivity contribution is 5.94. The largest absolute Gasteiger partial charge is 0.299 e. The number of benzene rings is 1. The molecule has 0 bridgehead atoms. The molecule has 2 rings (SSSR count). The van der Waals surface area contributed by atoms with Gasteiger partial charge in [-0.15, -0.1) is 0 Å². The summed E-state index contributed by atoms with van der Waals surface area (Å²) in [5.41, 5.74) is 3.71. The monoisotopic (exact) mass is 294 g/mol. The Labute approximate surface area is 132 Å². The van der Waals surface area contributed by atoms with Gasteiger partial charge in [0.1, 0.15) is 5.82 Å². The minimum atomic E-state index is 0.0640. The average Bonchev–Trinajstić information content (AvgIpc) is 2.48. The molecule has 0 spiro atoms. The number of carbonyl (C=O) groups is 1. The maximum atomic E-state index is 11.4. The highest BCUT2D eigenvalue weighted by Gasteiger charge is 2.17. The number of rotatable bonds is 5. The van der Waals surface area contributed by atoms with Gasteiger partial charge in [-0.2, -0.15) is 0 Å². The summed E-state index contributed by atoms with van der Waals surface area (Å²) in [5.74, 6) is 1.32. The van der Waals surface area contributed by atoms with Crippen LogP contribution in [0.2, 0.25) is 0 Å². The third-order valence-electron chi connectivity index (χ3n) is 3.56. The number of anilines is 2. The molecule has 0 aliphatic heterocycles. The third-order valence-corrected chi connectivity index (χ3v) is 3.56. The van der Waals surface area contributed by atoms with Gasteiger partial charge in [-0.05, 0) is 55.7 Å². The minimum absolute atomic E-state index is 0.0640. The Kier molecular flexibility index (Phi) is 4.76. The Morgan fingerprint density at radius 2 is 1.77 bits per heavy atom. The highest BCUT2D eigenvalue weighted by atomic mass is 16.1. The van der Waals surface area contributed by atoms with Gasteiger partial charge in [0.2, 0.25) is 0 Å². The molecule has 3 nitrogen and oxygen atoms in total. The maximum absolute atomic E-state index is 11.4. The third kappa shape index (κ3) is 3.25. The summed E-state index contributed by atoms with van der Waals surface area (Å²) in [5, 5.41) is 0. The van der Waals surface area contributed by atoms with Crippen LogP contribution in [0.1, 0.15) is 49.5 Å². The van der Waals surface area contributed by atoms with Crippen LogP contribution in [-0.4, -0.2) is 10.8 Å². The van der Waals surface area contributed by atoms with Crippen LogP contribution in [0.5, 0.6) is 0 Å². The number of ketones is 1. The van der Waals surface area contributed by atoms with Crippen LogP contribution in [0.4, 0.5) is 11.5 Å². The summed E-state index contributed by atoms with van der Waals surface area (Å²) in [6.45, 7) is 11.9. The molecule has 0 atom stereocenters. The van der Waals surface area contributed by atoms with Gasteiger partial charge in [-0.25, -0.2) is 4.98 Å². The second-order valence-electron chi connectivity index (χ2n) is 5.74. The molecule has 0 fully saturated rings. The molecule has 0 radical (unpaired) electrons. The van der Waals surface area contributed by atoms with Crippen LogP contribution < -0.4 is 4.90 Å². The maximum Gasteiger partial charge on any atom is 0.159 e. The van der Waals surface area contributed by atoms with E-state index in [0.717, 1.165) is 17.2 Å². The standard InChI is InChI=1S/C19H22N2O/c1-13(2)18-7-6-12-20-19(18)21(14(3)4)17-10-8-16(9-11-17)15(5)22/h6-13H,3H2,1-2,4-5H3. The lowest BCUT2D eigenvalue weighted by Crippen LogP contribution is -2.17. The van der Waals surface area contributed by atoms with Crippen molar-refractivity contribution >= 4 is 17.3 Å². The predicted molar refractivity (Wildman–Crippen MR) is 91.7 cm³/mol. The van der Waals surface area contributed by atoms with Crippen LogP contribution in [0.25, 0.3) is 0 Å². The Hall–Kier alpha value is -2.42. The first-order valence-electron chi connectivity index (χ1n) is 7.43. The Balaban J connectivity index is 2.52. The van der Waals surface area contributed by atoms with Crippen molar-refractivity contribution in [3.63, 3.8) is 0 Å². The van der Waals surface area contributed by atoms with E-state index < -0.39 is 0 Å². The van der Waals surface area contributed by atoms with Gasteiger partial charge < -0.3 is 0 Å². The lowest BCUT2D eigenvalue weighted by molar-refractivity contribution is 0.101. The van der Waals surface area contributed by atoms with Crippen LogP contribution in [0.3, 0.4) is 0 Å². The number of pyridine rings is 1. The van der Waals surface area contributed by atoms with Crippen molar-refractivity contribution in [3.8, 4) is 0 Å². The topological polar surface area (TPSA) is 33.2 Å². The van der Waals surface area contributed by atoms with Crippen molar-refractivity contribution in [1.29, 1.82) is 0 Å². The number of carbonyl (C=O) groups excluding carboxylic acids is 1. The molecule has 1 heterocycles. The van der Waals surface area contributed by atoms with Gasteiger partial charge in [0.15, 0.2) is 5.78 Å². The van der Waals surface area contributed by atoms with Gasteiger partial charge in [-0.3, -0.25) is 9.69 Å². The van der Waals surface area contributed by atoms with Crippen molar-refractivity contribution in [2.24, 2.45) is 0 Å². The molecule has 0 unspecified atom stereocenters. The summed E-state index contributed by atoms with van der Waals surface area (Å²) >= 11 is 0. The van der Waals surface area contributed by atoms with E-state index in [1.807, 2.05) is 42.2 Å². The smallest absolute Gasteiger partial charge is 0.159 e. The van der Waals surface area contributed by atoms with E-state index in [4.69, 9.17) is 0 Å². The van der Waals surface area contributed by atoms with Crippen molar-refractivity contribution in [2.75, 3.05) is 4.90 Å². The summed E-state index contributed by atoms with van der Waals surface area (Å²) in [6.07, 6.45) is 1.79. The lowest BCUT2D eigenvalue weighted by Gasteiger charge is -2.27. The zero-order chi connectivity index (χ0) is 16.3. The van der Waals surface area contributed by atoms with Gasteiger partial charge >= 0.3 is 0 Å². The molecule has 0 aliphatic rings. The molecular weight excluding hydrogens is 272 g/mol. The van der Waals surface area contributed by atoms with Crippen molar-refractivity contribution in [1.82, 2.24) is 4.98 Å². The molecule has 0 saturated heterocycles. The highest BCUT2D eigenvalue weighted by Crippen LogP contribution is 2.33. The number of hydrogen-bond donors (Lipinski definition) is 0. The SMILES string of the molecule is C=C(C)N(c1ccc(C(C)=O)cc1)c1ncccc1C(C)C. The van der Waals surface area contributed by atoms with Crippen molar-refractivity contribution < 1.29 is 4.79 Å². The number of hydrogen-bond acceptors (Lipinski definition) is 3. The zero-order valence-electron chi connectivity index (χ0n) is 13.6. The van der Waals surface area contributed by atoms with Crippen LogP contribution in [0.15, 0.2) is 54.9 Å². The second kappa shape index (κ2) is 6.56. The van der Waals surface area contributed by atoms with Crippen LogP contribution in [-0.2, 0) is 0 Å². The number of aromatic nitrogens is 1. The van der Waals surface area contributed by atoms with Gasteiger partial charge in [-0.1, -0.05) is 26.5 Å². The van der Waals surface area contributed by atoms with Crippen LogP contribution >= 0.6 is 0 Å². The Morgan fingerprint density at radius 1 is 1.14 bits per heavy atom.